The smallest absolute Gasteiger partial charge is 0.337 e. The van der Waals surface area contributed by atoms with Crippen LogP contribution < -0.4 is 5.32 Å². The van der Waals surface area contributed by atoms with Crippen molar-refractivity contribution in [2.75, 3.05) is 32.1 Å². The van der Waals surface area contributed by atoms with E-state index >= 15 is 0 Å². The zero-order valence-corrected chi connectivity index (χ0v) is 14.7. The number of esters is 1. The summed E-state index contributed by atoms with van der Waals surface area (Å²) in [7, 11) is 1.25. The van der Waals surface area contributed by atoms with Crippen LogP contribution in [0.1, 0.15) is 0 Å². The summed E-state index contributed by atoms with van der Waals surface area (Å²) in [6.45, 7) is 0.00880. The van der Waals surface area contributed by atoms with Crippen molar-refractivity contribution >= 4 is 29.2 Å². The summed E-state index contributed by atoms with van der Waals surface area (Å²) < 4.78 is 6.37. The quantitative estimate of drug-likeness (QED) is 0.735. The lowest BCUT2D eigenvalue weighted by Gasteiger charge is -2.15. The van der Waals surface area contributed by atoms with Crippen LogP contribution in [0.5, 0.6) is 0 Å². The number of anilines is 1. The van der Waals surface area contributed by atoms with Crippen molar-refractivity contribution in [3.05, 3.63) is 53.0 Å². The Morgan fingerprint density at radius 3 is 2.88 bits per heavy atom. The Hall–Kier alpha value is -2.84. The van der Waals surface area contributed by atoms with Gasteiger partial charge in [0.25, 0.3) is 5.91 Å². The highest BCUT2D eigenvalue weighted by atomic mass is 35.5. The molecule has 2 heterocycles. The van der Waals surface area contributed by atoms with Crippen molar-refractivity contribution in [2.45, 2.75) is 0 Å². The number of hydrogen-bond donors (Lipinski definition) is 2. The fraction of sp³-hybridized carbons (Fsp3) is 0.235. The SMILES string of the molecule is COC(=O)C1=C(Nc2ccc(-n3cccn3)c(Cl)c2)C(=O)N(CCO)C1. The second kappa shape index (κ2) is 7.59. The van der Waals surface area contributed by atoms with E-state index in [9.17, 15) is 9.59 Å². The molecule has 0 saturated carbocycles. The van der Waals surface area contributed by atoms with Crippen LogP contribution in [0.25, 0.3) is 5.69 Å². The summed E-state index contributed by atoms with van der Waals surface area (Å²) in [4.78, 5) is 25.9. The Bertz CT molecular complexity index is 864. The molecule has 26 heavy (non-hydrogen) atoms. The highest BCUT2D eigenvalue weighted by Gasteiger charge is 2.34. The molecule has 136 valence electrons. The van der Waals surface area contributed by atoms with Crippen LogP contribution in [0, 0.1) is 0 Å². The molecule has 8 nitrogen and oxygen atoms in total. The van der Waals surface area contributed by atoms with Crippen LogP contribution in [-0.4, -0.2) is 58.5 Å². The number of carbonyl (C=O) groups excluding carboxylic acids is 2. The maximum Gasteiger partial charge on any atom is 0.337 e. The molecule has 3 rings (SSSR count). The van der Waals surface area contributed by atoms with Gasteiger partial charge in [-0.3, -0.25) is 4.79 Å². The summed E-state index contributed by atoms with van der Waals surface area (Å²) in [5, 5.41) is 16.6. The lowest BCUT2D eigenvalue weighted by molar-refractivity contribution is -0.136. The molecule has 2 N–H and O–H groups in total. The van der Waals surface area contributed by atoms with Crippen LogP contribution in [-0.2, 0) is 14.3 Å². The van der Waals surface area contributed by atoms with E-state index < -0.39 is 5.97 Å². The number of amides is 1. The van der Waals surface area contributed by atoms with Crippen molar-refractivity contribution in [2.24, 2.45) is 0 Å². The fourth-order valence-corrected chi connectivity index (χ4v) is 2.94. The van der Waals surface area contributed by atoms with E-state index in [0.717, 1.165) is 0 Å². The van der Waals surface area contributed by atoms with Crippen LogP contribution in [0.3, 0.4) is 0 Å². The van der Waals surface area contributed by atoms with E-state index in [1.54, 1.807) is 41.3 Å². The molecule has 0 bridgehead atoms. The van der Waals surface area contributed by atoms with E-state index in [-0.39, 0.29) is 36.9 Å². The normalized spacial score (nSPS) is 14.1. The molecule has 0 spiro atoms. The van der Waals surface area contributed by atoms with E-state index in [0.29, 0.717) is 16.4 Å². The molecule has 0 fully saturated rings. The number of β-amino-alcohol motifs (C(OH)–C–C–N with tert-alkyl or cyclic N) is 1. The fourth-order valence-electron chi connectivity index (χ4n) is 2.68. The van der Waals surface area contributed by atoms with E-state index in [4.69, 9.17) is 21.4 Å². The molecular formula is C17H17ClN4O4. The third kappa shape index (κ3) is 3.42. The van der Waals surface area contributed by atoms with Crippen LogP contribution >= 0.6 is 11.6 Å². The number of methoxy groups -OCH3 is 1. The number of aromatic nitrogens is 2. The third-order valence-electron chi connectivity index (χ3n) is 3.92. The molecule has 1 aromatic heterocycles. The van der Waals surface area contributed by atoms with Crippen molar-refractivity contribution < 1.29 is 19.4 Å². The van der Waals surface area contributed by atoms with Crippen molar-refractivity contribution in [1.82, 2.24) is 14.7 Å². The number of benzene rings is 1. The predicted octanol–water partition coefficient (Wildman–Crippen LogP) is 1.20. The van der Waals surface area contributed by atoms with Crippen molar-refractivity contribution in [3.8, 4) is 5.69 Å². The number of halogens is 1. The number of aliphatic hydroxyl groups is 1. The van der Waals surface area contributed by atoms with E-state index in [1.807, 2.05) is 0 Å². The second-order valence-corrected chi connectivity index (χ2v) is 5.94. The molecule has 1 aliphatic heterocycles. The molecule has 1 amide bonds. The minimum atomic E-state index is -0.597. The molecule has 1 aliphatic rings. The van der Waals surface area contributed by atoms with E-state index in [1.165, 1.54) is 12.0 Å². The average molecular weight is 377 g/mol. The first-order chi connectivity index (χ1) is 12.5. The molecule has 1 aromatic carbocycles. The highest BCUT2D eigenvalue weighted by Crippen LogP contribution is 2.27. The third-order valence-corrected chi connectivity index (χ3v) is 4.22. The standard InChI is InChI=1S/C17H17ClN4O4/c1-26-17(25)12-10-21(7-8-23)16(24)15(12)20-11-3-4-14(13(18)9-11)22-6-2-5-19-22/h2-6,9,20,23H,7-8,10H2,1H3. The van der Waals surface area contributed by atoms with Gasteiger partial charge in [-0.2, -0.15) is 5.10 Å². The molecule has 0 radical (unpaired) electrons. The van der Waals surface area contributed by atoms with Crippen molar-refractivity contribution in [3.63, 3.8) is 0 Å². The van der Waals surface area contributed by atoms with Gasteiger partial charge in [-0.1, -0.05) is 11.6 Å². The molecule has 0 atom stereocenters. The molecule has 0 aliphatic carbocycles. The maximum absolute atomic E-state index is 12.5. The average Bonchev–Trinajstić information content (AvgIpc) is 3.26. The van der Waals surface area contributed by atoms with Gasteiger partial charge in [0.15, 0.2) is 0 Å². The predicted molar refractivity (Wildman–Crippen MR) is 94.9 cm³/mol. The van der Waals surface area contributed by atoms with Crippen LogP contribution in [0.4, 0.5) is 5.69 Å². The second-order valence-electron chi connectivity index (χ2n) is 5.54. The van der Waals surface area contributed by atoms with Gasteiger partial charge in [0, 0.05) is 24.6 Å². The maximum atomic E-state index is 12.5. The molecule has 2 aromatic rings. The molecular weight excluding hydrogens is 360 g/mol. The number of ether oxygens (including phenoxy) is 1. The largest absolute Gasteiger partial charge is 0.466 e. The number of hydrogen-bond acceptors (Lipinski definition) is 6. The minimum Gasteiger partial charge on any atom is -0.466 e. The number of aliphatic hydroxyl groups excluding tert-OH is 1. The van der Waals surface area contributed by atoms with Gasteiger partial charge in [0.05, 0.1) is 36.5 Å². The Morgan fingerprint density at radius 1 is 1.46 bits per heavy atom. The van der Waals surface area contributed by atoms with E-state index in [2.05, 4.69) is 10.4 Å². The molecule has 0 saturated heterocycles. The van der Waals surface area contributed by atoms with Gasteiger partial charge in [0.1, 0.15) is 5.70 Å². The highest BCUT2D eigenvalue weighted by molar-refractivity contribution is 6.32. The van der Waals surface area contributed by atoms with Gasteiger partial charge >= 0.3 is 5.97 Å². The molecule has 0 unspecified atom stereocenters. The first-order valence-electron chi connectivity index (χ1n) is 7.83. The molecule has 9 heteroatoms. The number of nitrogens with one attached hydrogen (secondary N) is 1. The van der Waals surface area contributed by atoms with Crippen LogP contribution in [0.15, 0.2) is 47.9 Å². The first-order valence-corrected chi connectivity index (χ1v) is 8.21. The lowest BCUT2D eigenvalue weighted by Crippen LogP contribution is -2.31. The Morgan fingerprint density at radius 2 is 2.27 bits per heavy atom. The van der Waals surface area contributed by atoms with Gasteiger partial charge in [-0.05, 0) is 24.3 Å². The topological polar surface area (TPSA) is 96.7 Å². The van der Waals surface area contributed by atoms with Crippen LogP contribution in [0.2, 0.25) is 5.02 Å². The Balaban J connectivity index is 1.89. The summed E-state index contributed by atoms with van der Waals surface area (Å²) in [6.07, 6.45) is 3.41. The Kier molecular flexibility index (Phi) is 5.24. The lowest BCUT2D eigenvalue weighted by atomic mass is 10.2. The first kappa shape index (κ1) is 18.0. The van der Waals surface area contributed by atoms with Gasteiger partial charge in [-0.25, -0.2) is 9.48 Å². The minimum absolute atomic E-state index is 0.0769. The Labute approximate surface area is 154 Å². The number of rotatable bonds is 6. The summed E-state index contributed by atoms with van der Waals surface area (Å²) in [5.74, 6) is -0.979. The zero-order chi connectivity index (χ0) is 18.7. The summed E-state index contributed by atoms with van der Waals surface area (Å²) in [5.41, 5.74) is 1.55. The van der Waals surface area contributed by atoms with Crippen molar-refractivity contribution in [1.29, 1.82) is 0 Å². The van der Waals surface area contributed by atoms with Gasteiger partial charge in [0.2, 0.25) is 0 Å². The summed E-state index contributed by atoms with van der Waals surface area (Å²) >= 11 is 6.31. The number of carbonyl (C=O) groups is 2. The number of nitrogens with zero attached hydrogens (tertiary/aromatic N) is 3. The van der Waals surface area contributed by atoms with Gasteiger partial charge in [-0.15, -0.1) is 0 Å². The summed E-state index contributed by atoms with van der Waals surface area (Å²) in [6, 6.07) is 6.90. The monoisotopic (exact) mass is 376 g/mol. The zero-order valence-electron chi connectivity index (χ0n) is 14.0. The van der Waals surface area contributed by atoms with Gasteiger partial charge < -0.3 is 20.1 Å².